The van der Waals surface area contributed by atoms with E-state index in [1.807, 2.05) is 4.90 Å². The van der Waals surface area contributed by atoms with E-state index in [2.05, 4.69) is 6.92 Å². The second-order valence-electron chi connectivity index (χ2n) is 6.62. The van der Waals surface area contributed by atoms with Crippen molar-refractivity contribution >= 4 is 21.6 Å². The zero-order chi connectivity index (χ0) is 16.4. The first-order valence-electron chi connectivity index (χ1n) is 8.37. The summed E-state index contributed by atoms with van der Waals surface area (Å²) in [6.07, 6.45) is 3.71. The third-order valence-corrected chi connectivity index (χ3v) is 6.69. The summed E-state index contributed by atoms with van der Waals surface area (Å²) in [5.41, 5.74) is 1.30. The van der Waals surface area contributed by atoms with Gasteiger partial charge in [0.1, 0.15) is 0 Å². The van der Waals surface area contributed by atoms with Crippen LogP contribution in [-0.4, -0.2) is 44.6 Å². The molecule has 0 radical (unpaired) electrons. The topological polar surface area (TPSA) is 57.7 Å². The van der Waals surface area contributed by atoms with E-state index in [-0.39, 0.29) is 11.7 Å². The van der Waals surface area contributed by atoms with Gasteiger partial charge in [0.05, 0.1) is 11.4 Å². The second kappa shape index (κ2) is 6.51. The Kier molecular flexibility index (Phi) is 4.62. The molecule has 0 unspecified atom stereocenters. The first-order chi connectivity index (χ1) is 11.0. The van der Waals surface area contributed by atoms with Crippen LogP contribution in [0.1, 0.15) is 43.0 Å². The summed E-state index contributed by atoms with van der Waals surface area (Å²) in [6.45, 7) is 4.36. The minimum Gasteiger partial charge on any atom is -0.339 e. The molecule has 2 aliphatic heterocycles. The maximum atomic E-state index is 12.5. The molecule has 0 aliphatic carbocycles. The number of hydrogen-bond acceptors (Lipinski definition) is 3. The van der Waals surface area contributed by atoms with Crippen molar-refractivity contribution in [2.24, 2.45) is 5.92 Å². The Hall–Kier alpha value is -1.56. The highest BCUT2D eigenvalue weighted by atomic mass is 32.2. The molecular weight excluding hydrogens is 312 g/mol. The van der Waals surface area contributed by atoms with E-state index in [0.29, 0.717) is 23.7 Å². The highest BCUT2D eigenvalue weighted by Crippen LogP contribution is 2.25. The summed E-state index contributed by atoms with van der Waals surface area (Å²) in [5, 5.41) is 0. The predicted octanol–water partition coefficient (Wildman–Crippen LogP) is 2.49. The van der Waals surface area contributed by atoms with Gasteiger partial charge in [-0.25, -0.2) is 8.42 Å². The molecule has 23 heavy (non-hydrogen) atoms. The third-order valence-electron chi connectivity index (χ3n) is 4.82. The van der Waals surface area contributed by atoms with Gasteiger partial charge in [-0.1, -0.05) is 6.92 Å². The lowest BCUT2D eigenvalue weighted by Gasteiger charge is -2.31. The van der Waals surface area contributed by atoms with Gasteiger partial charge in [0, 0.05) is 25.2 Å². The van der Waals surface area contributed by atoms with Crippen LogP contribution >= 0.6 is 0 Å². The van der Waals surface area contributed by atoms with Gasteiger partial charge >= 0.3 is 0 Å². The molecule has 6 heteroatoms. The Balaban J connectivity index is 1.73. The number of likely N-dealkylation sites (tertiary alicyclic amines) is 1. The standard InChI is InChI=1S/C17H24N2O3S/c1-14-8-11-18(12-9-14)17(20)15-4-6-16(7-5-15)19-10-2-3-13-23(19,21)22/h4-7,14H,2-3,8-13H2,1H3. The number of amides is 1. The number of anilines is 1. The molecule has 1 aromatic carbocycles. The van der Waals surface area contributed by atoms with E-state index in [1.165, 1.54) is 4.31 Å². The zero-order valence-corrected chi connectivity index (χ0v) is 14.4. The first kappa shape index (κ1) is 16.3. The van der Waals surface area contributed by atoms with E-state index in [0.717, 1.165) is 38.8 Å². The van der Waals surface area contributed by atoms with Gasteiger partial charge in [0.15, 0.2) is 0 Å². The minimum atomic E-state index is -3.20. The molecule has 0 spiro atoms. The molecule has 2 saturated heterocycles. The fraction of sp³-hybridized carbons (Fsp3) is 0.588. The normalized spacial score (nSPS) is 22.1. The lowest BCUT2D eigenvalue weighted by Crippen LogP contribution is -2.38. The average Bonchev–Trinajstić information content (AvgIpc) is 2.55. The van der Waals surface area contributed by atoms with Crippen LogP contribution in [0.2, 0.25) is 0 Å². The van der Waals surface area contributed by atoms with Crippen molar-refractivity contribution in [2.75, 3.05) is 29.7 Å². The lowest BCUT2D eigenvalue weighted by atomic mass is 9.98. The number of nitrogens with zero attached hydrogens (tertiary/aromatic N) is 2. The maximum absolute atomic E-state index is 12.5. The number of piperidine rings is 1. The molecule has 0 atom stereocenters. The van der Waals surface area contributed by atoms with E-state index >= 15 is 0 Å². The molecule has 1 amide bonds. The molecule has 0 N–H and O–H groups in total. The van der Waals surface area contributed by atoms with Crippen molar-refractivity contribution in [2.45, 2.75) is 32.6 Å². The van der Waals surface area contributed by atoms with E-state index in [4.69, 9.17) is 0 Å². The largest absolute Gasteiger partial charge is 0.339 e. The third kappa shape index (κ3) is 3.52. The number of carbonyl (C=O) groups excluding carboxylic acids is 1. The van der Waals surface area contributed by atoms with Gasteiger partial charge in [0.25, 0.3) is 5.91 Å². The maximum Gasteiger partial charge on any atom is 0.253 e. The highest BCUT2D eigenvalue weighted by Gasteiger charge is 2.26. The number of sulfonamides is 1. The molecule has 0 bridgehead atoms. The average molecular weight is 336 g/mol. The quantitative estimate of drug-likeness (QED) is 0.834. The van der Waals surface area contributed by atoms with Crippen LogP contribution < -0.4 is 4.31 Å². The number of carbonyl (C=O) groups is 1. The van der Waals surface area contributed by atoms with E-state index in [9.17, 15) is 13.2 Å². The predicted molar refractivity (Wildman–Crippen MR) is 91.1 cm³/mol. The first-order valence-corrected chi connectivity index (χ1v) is 9.98. The lowest BCUT2D eigenvalue weighted by molar-refractivity contribution is 0.0697. The van der Waals surface area contributed by atoms with Gasteiger partial charge < -0.3 is 4.90 Å². The minimum absolute atomic E-state index is 0.0463. The summed E-state index contributed by atoms with van der Waals surface area (Å²) in [5.74, 6) is 0.940. The molecule has 126 valence electrons. The van der Waals surface area contributed by atoms with Crippen LogP contribution in [0.15, 0.2) is 24.3 Å². The zero-order valence-electron chi connectivity index (χ0n) is 13.6. The van der Waals surface area contributed by atoms with Crippen LogP contribution in [0, 0.1) is 5.92 Å². The summed E-state index contributed by atoms with van der Waals surface area (Å²) in [6, 6.07) is 7.00. The van der Waals surface area contributed by atoms with E-state index in [1.54, 1.807) is 24.3 Å². The second-order valence-corrected chi connectivity index (χ2v) is 8.63. The molecule has 2 aliphatic rings. The van der Waals surface area contributed by atoms with Gasteiger partial charge in [-0.2, -0.15) is 0 Å². The van der Waals surface area contributed by atoms with Crippen molar-refractivity contribution in [1.29, 1.82) is 0 Å². The Morgan fingerprint density at radius 2 is 1.70 bits per heavy atom. The summed E-state index contributed by atoms with van der Waals surface area (Å²) in [4.78, 5) is 14.4. The summed E-state index contributed by atoms with van der Waals surface area (Å²) in [7, 11) is -3.20. The van der Waals surface area contributed by atoms with Crippen molar-refractivity contribution in [3.63, 3.8) is 0 Å². The Labute approximate surface area is 138 Å². The molecule has 0 saturated carbocycles. The summed E-state index contributed by atoms with van der Waals surface area (Å²) < 4.78 is 25.7. The number of benzene rings is 1. The molecule has 2 fully saturated rings. The fourth-order valence-electron chi connectivity index (χ4n) is 3.24. The molecule has 3 rings (SSSR count). The van der Waals surface area contributed by atoms with Gasteiger partial charge in [0.2, 0.25) is 10.0 Å². The Bertz CT molecular complexity index is 662. The Morgan fingerprint density at radius 3 is 2.30 bits per heavy atom. The van der Waals surface area contributed by atoms with Gasteiger partial charge in [-0.3, -0.25) is 9.10 Å². The van der Waals surface area contributed by atoms with Crippen molar-refractivity contribution in [3.8, 4) is 0 Å². The summed E-state index contributed by atoms with van der Waals surface area (Å²) >= 11 is 0. The SMILES string of the molecule is CC1CCN(C(=O)c2ccc(N3CCCCS3(=O)=O)cc2)CC1. The number of rotatable bonds is 2. The van der Waals surface area contributed by atoms with Crippen LogP contribution in [0.5, 0.6) is 0 Å². The molecule has 2 heterocycles. The van der Waals surface area contributed by atoms with Gasteiger partial charge in [-0.15, -0.1) is 0 Å². The van der Waals surface area contributed by atoms with E-state index < -0.39 is 10.0 Å². The van der Waals surface area contributed by atoms with Gasteiger partial charge in [-0.05, 0) is 55.9 Å². The van der Waals surface area contributed by atoms with Crippen molar-refractivity contribution < 1.29 is 13.2 Å². The van der Waals surface area contributed by atoms with Crippen LogP contribution in [0.25, 0.3) is 0 Å². The fourth-order valence-corrected chi connectivity index (χ4v) is 4.88. The molecule has 1 aromatic rings. The number of hydrogen-bond donors (Lipinski definition) is 0. The van der Waals surface area contributed by atoms with Crippen molar-refractivity contribution in [1.82, 2.24) is 4.90 Å². The van der Waals surface area contributed by atoms with Crippen LogP contribution in [-0.2, 0) is 10.0 Å². The highest BCUT2D eigenvalue weighted by molar-refractivity contribution is 7.92. The van der Waals surface area contributed by atoms with Crippen molar-refractivity contribution in [3.05, 3.63) is 29.8 Å². The smallest absolute Gasteiger partial charge is 0.253 e. The Morgan fingerprint density at radius 1 is 1.04 bits per heavy atom. The molecular formula is C17H24N2O3S. The van der Waals surface area contributed by atoms with Crippen LogP contribution in [0.4, 0.5) is 5.69 Å². The monoisotopic (exact) mass is 336 g/mol. The molecule has 0 aromatic heterocycles. The van der Waals surface area contributed by atoms with Crippen LogP contribution in [0.3, 0.4) is 0 Å². The molecule has 5 nitrogen and oxygen atoms in total.